The number of methoxy groups -OCH3 is 1. The Kier molecular flexibility index (Phi) is 4.98. The number of ether oxygens (including phenoxy) is 2. The van der Waals surface area contributed by atoms with Crippen LogP contribution in [0.5, 0.6) is 17.2 Å². The van der Waals surface area contributed by atoms with E-state index in [1.165, 1.54) is 11.3 Å². The molecule has 0 radical (unpaired) electrons. The van der Waals surface area contributed by atoms with Crippen molar-refractivity contribution in [2.45, 2.75) is 0 Å². The van der Waals surface area contributed by atoms with Crippen LogP contribution in [0.1, 0.15) is 0 Å². The van der Waals surface area contributed by atoms with Crippen LogP contribution in [-0.4, -0.2) is 17.3 Å². The zero-order valence-corrected chi connectivity index (χ0v) is 15.4. The number of aromatic nitrogens is 2. The Labute approximate surface area is 161 Å². The molecule has 0 aliphatic heterocycles. The standard InChI is InChI=1S/C21H17N3O2S/c1-25-17-10-6-12-19(14-17)26-18-11-5-7-15(13-18)20-23-24-21(27-20)22-16-8-3-2-4-9-16/h2-14H,1H3,(H,22,24). The molecule has 27 heavy (non-hydrogen) atoms. The lowest BCUT2D eigenvalue weighted by Gasteiger charge is -2.08. The molecule has 4 aromatic rings. The number of hydrogen-bond donors (Lipinski definition) is 1. The zero-order valence-electron chi connectivity index (χ0n) is 14.6. The number of nitrogens with one attached hydrogen (secondary N) is 1. The number of anilines is 2. The number of rotatable bonds is 6. The van der Waals surface area contributed by atoms with Gasteiger partial charge in [0.05, 0.1) is 7.11 Å². The van der Waals surface area contributed by atoms with Gasteiger partial charge in [-0.05, 0) is 36.4 Å². The maximum absolute atomic E-state index is 5.95. The van der Waals surface area contributed by atoms with Crippen molar-refractivity contribution in [2.24, 2.45) is 0 Å². The summed E-state index contributed by atoms with van der Waals surface area (Å²) >= 11 is 1.49. The van der Waals surface area contributed by atoms with Gasteiger partial charge in [0.2, 0.25) is 5.13 Å². The summed E-state index contributed by atoms with van der Waals surface area (Å²) in [5, 5.41) is 13.3. The van der Waals surface area contributed by atoms with Crippen molar-refractivity contribution in [2.75, 3.05) is 12.4 Å². The van der Waals surface area contributed by atoms with Gasteiger partial charge >= 0.3 is 0 Å². The molecule has 1 N–H and O–H groups in total. The van der Waals surface area contributed by atoms with Crippen LogP contribution in [0.15, 0.2) is 78.9 Å². The molecule has 4 rings (SSSR count). The Morgan fingerprint density at radius 3 is 2.33 bits per heavy atom. The minimum atomic E-state index is 0.718. The lowest BCUT2D eigenvalue weighted by molar-refractivity contribution is 0.409. The van der Waals surface area contributed by atoms with Gasteiger partial charge in [0.1, 0.15) is 22.3 Å². The Bertz CT molecular complexity index is 1030. The number of para-hydroxylation sites is 1. The molecule has 3 aromatic carbocycles. The highest BCUT2D eigenvalue weighted by Gasteiger charge is 2.08. The molecule has 0 aliphatic rings. The summed E-state index contributed by atoms with van der Waals surface area (Å²) in [6.07, 6.45) is 0. The lowest BCUT2D eigenvalue weighted by Crippen LogP contribution is -1.88. The Hall–Kier alpha value is -3.38. The summed E-state index contributed by atoms with van der Waals surface area (Å²) in [5.74, 6) is 2.20. The Morgan fingerprint density at radius 2 is 1.52 bits per heavy atom. The normalized spacial score (nSPS) is 10.4. The molecule has 6 heteroatoms. The van der Waals surface area contributed by atoms with Crippen molar-refractivity contribution in [3.8, 4) is 27.8 Å². The summed E-state index contributed by atoms with van der Waals surface area (Å²) in [6, 6.07) is 25.2. The van der Waals surface area contributed by atoms with Gasteiger partial charge in [0.15, 0.2) is 0 Å². The van der Waals surface area contributed by atoms with Crippen molar-refractivity contribution in [3.63, 3.8) is 0 Å². The number of nitrogens with zero attached hydrogens (tertiary/aromatic N) is 2. The second-order valence-corrected chi connectivity index (χ2v) is 6.69. The molecule has 0 spiro atoms. The van der Waals surface area contributed by atoms with E-state index in [2.05, 4.69) is 15.5 Å². The van der Waals surface area contributed by atoms with E-state index in [1.54, 1.807) is 7.11 Å². The van der Waals surface area contributed by atoms with Crippen molar-refractivity contribution >= 4 is 22.2 Å². The molecule has 0 unspecified atom stereocenters. The second kappa shape index (κ2) is 7.88. The van der Waals surface area contributed by atoms with Crippen molar-refractivity contribution in [1.29, 1.82) is 0 Å². The van der Waals surface area contributed by atoms with E-state index in [0.29, 0.717) is 0 Å². The third-order valence-electron chi connectivity index (χ3n) is 3.81. The van der Waals surface area contributed by atoms with Gasteiger partial charge in [-0.3, -0.25) is 0 Å². The molecule has 0 aliphatic carbocycles. The fourth-order valence-electron chi connectivity index (χ4n) is 2.53. The molecule has 5 nitrogen and oxygen atoms in total. The Morgan fingerprint density at radius 1 is 0.778 bits per heavy atom. The number of benzene rings is 3. The molecule has 0 saturated carbocycles. The van der Waals surface area contributed by atoms with E-state index in [-0.39, 0.29) is 0 Å². The van der Waals surface area contributed by atoms with Crippen LogP contribution in [0.4, 0.5) is 10.8 Å². The molecule has 0 atom stereocenters. The van der Waals surface area contributed by atoms with Gasteiger partial charge in [-0.25, -0.2) is 0 Å². The molecule has 0 bridgehead atoms. The van der Waals surface area contributed by atoms with Crippen LogP contribution in [0.2, 0.25) is 0 Å². The molecule has 1 aromatic heterocycles. The number of hydrogen-bond acceptors (Lipinski definition) is 6. The monoisotopic (exact) mass is 375 g/mol. The highest BCUT2D eigenvalue weighted by Crippen LogP contribution is 2.32. The zero-order chi connectivity index (χ0) is 18.5. The maximum Gasteiger partial charge on any atom is 0.210 e. The first-order valence-corrected chi connectivity index (χ1v) is 9.20. The van der Waals surface area contributed by atoms with Crippen LogP contribution in [0.25, 0.3) is 10.6 Å². The quantitative estimate of drug-likeness (QED) is 0.465. The van der Waals surface area contributed by atoms with Gasteiger partial charge in [-0.15, -0.1) is 10.2 Å². The fourth-order valence-corrected chi connectivity index (χ4v) is 3.29. The molecule has 0 fully saturated rings. The molecule has 0 amide bonds. The summed E-state index contributed by atoms with van der Waals surface area (Å²) in [6.45, 7) is 0. The average molecular weight is 375 g/mol. The van der Waals surface area contributed by atoms with Gasteiger partial charge in [0, 0.05) is 17.3 Å². The van der Waals surface area contributed by atoms with E-state index in [9.17, 15) is 0 Å². The minimum Gasteiger partial charge on any atom is -0.497 e. The molecular formula is C21H17N3O2S. The molecular weight excluding hydrogens is 358 g/mol. The third kappa shape index (κ3) is 4.24. The maximum atomic E-state index is 5.95. The van der Waals surface area contributed by atoms with Crippen LogP contribution >= 0.6 is 11.3 Å². The summed E-state index contributed by atoms with van der Waals surface area (Å²) in [4.78, 5) is 0. The van der Waals surface area contributed by atoms with Crippen molar-refractivity contribution < 1.29 is 9.47 Å². The SMILES string of the molecule is COc1cccc(Oc2cccc(-c3nnc(Nc4ccccc4)s3)c2)c1. The van der Waals surface area contributed by atoms with Gasteiger partial charge in [-0.1, -0.05) is 47.7 Å². The van der Waals surface area contributed by atoms with Crippen LogP contribution in [-0.2, 0) is 0 Å². The first-order chi connectivity index (χ1) is 13.3. The molecule has 0 saturated heterocycles. The summed E-state index contributed by atoms with van der Waals surface area (Å²) < 4.78 is 11.2. The van der Waals surface area contributed by atoms with E-state index in [0.717, 1.165) is 38.6 Å². The van der Waals surface area contributed by atoms with Crippen molar-refractivity contribution in [3.05, 3.63) is 78.9 Å². The fraction of sp³-hybridized carbons (Fsp3) is 0.0476. The van der Waals surface area contributed by atoms with Gasteiger partial charge in [0.25, 0.3) is 0 Å². The van der Waals surface area contributed by atoms with E-state index >= 15 is 0 Å². The van der Waals surface area contributed by atoms with Crippen molar-refractivity contribution in [1.82, 2.24) is 10.2 Å². The second-order valence-electron chi connectivity index (χ2n) is 5.71. The van der Waals surface area contributed by atoms with Gasteiger partial charge in [-0.2, -0.15) is 0 Å². The highest BCUT2D eigenvalue weighted by atomic mass is 32.1. The summed E-state index contributed by atoms with van der Waals surface area (Å²) in [5.41, 5.74) is 1.93. The van der Waals surface area contributed by atoms with E-state index in [4.69, 9.17) is 9.47 Å². The summed E-state index contributed by atoms with van der Waals surface area (Å²) in [7, 11) is 1.64. The average Bonchev–Trinajstić information content (AvgIpc) is 3.18. The predicted octanol–water partition coefficient (Wildman–Crippen LogP) is 5.75. The lowest BCUT2D eigenvalue weighted by atomic mass is 10.2. The van der Waals surface area contributed by atoms with Gasteiger partial charge < -0.3 is 14.8 Å². The topological polar surface area (TPSA) is 56.3 Å². The van der Waals surface area contributed by atoms with E-state index in [1.807, 2.05) is 78.9 Å². The Balaban J connectivity index is 1.52. The van der Waals surface area contributed by atoms with E-state index < -0.39 is 0 Å². The largest absolute Gasteiger partial charge is 0.497 e. The minimum absolute atomic E-state index is 0.718. The predicted molar refractivity (Wildman–Crippen MR) is 108 cm³/mol. The smallest absolute Gasteiger partial charge is 0.210 e. The third-order valence-corrected chi connectivity index (χ3v) is 4.70. The first-order valence-electron chi connectivity index (χ1n) is 8.38. The van der Waals surface area contributed by atoms with Crippen LogP contribution in [0, 0.1) is 0 Å². The van der Waals surface area contributed by atoms with Crippen LogP contribution < -0.4 is 14.8 Å². The molecule has 1 heterocycles. The first kappa shape index (κ1) is 17.1. The molecule has 134 valence electrons. The van der Waals surface area contributed by atoms with Crippen LogP contribution in [0.3, 0.4) is 0 Å². The highest BCUT2D eigenvalue weighted by molar-refractivity contribution is 7.18.